The minimum Gasteiger partial charge on any atom is -0.367 e. The zero-order valence-corrected chi connectivity index (χ0v) is 17.7. The second kappa shape index (κ2) is 8.04. The molecule has 158 valence electrons. The fraction of sp³-hybridized carbons (Fsp3) is 0.350. The first-order valence-corrected chi connectivity index (χ1v) is 11.3. The Hall–Kier alpha value is -2.98. The van der Waals surface area contributed by atoms with E-state index in [4.69, 9.17) is 9.66 Å². The molecule has 0 radical (unpaired) electrons. The van der Waals surface area contributed by atoms with Crippen molar-refractivity contribution in [2.75, 3.05) is 36.0 Å². The highest BCUT2D eigenvalue weighted by Gasteiger charge is 2.23. The van der Waals surface area contributed by atoms with Gasteiger partial charge in [0, 0.05) is 43.9 Å². The third kappa shape index (κ3) is 4.14. The van der Waals surface area contributed by atoms with Gasteiger partial charge >= 0.3 is 0 Å². The second-order valence-electron chi connectivity index (χ2n) is 7.50. The molecule has 30 heavy (non-hydrogen) atoms. The van der Waals surface area contributed by atoms with Crippen LogP contribution in [0.25, 0.3) is 11.5 Å². The van der Waals surface area contributed by atoms with Crippen LogP contribution in [0.1, 0.15) is 25.6 Å². The molecule has 0 spiro atoms. The molecule has 0 aliphatic carbocycles. The molecule has 10 heteroatoms. The Balaban J connectivity index is 1.50. The highest BCUT2D eigenvalue weighted by Crippen LogP contribution is 2.27. The summed E-state index contributed by atoms with van der Waals surface area (Å²) in [4.78, 5) is 13.3. The average molecular weight is 429 g/mol. The van der Waals surface area contributed by atoms with Crippen LogP contribution < -0.4 is 14.9 Å². The summed E-state index contributed by atoms with van der Waals surface area (Å²) in [5.41, 5.74) is 1.45. The molecular formula is C20H24N6O3S. The predicted molar refractivity (Wildman–Crippen MR) is 114 cm³/mol. The van der Waals surface area contributed by atoms with E-state index in [1.165, 1.54) is 6.07 Å². The molecule has 1 aliphatic heterocycles. The Morgan fingerprint density at radius 1 is 1.07 bits per heavy atom. The molecule has 1 fully saturated rings. The molecular weight excluding hydrogens is 404 g/mol. The van der Waals surface area contributed by atoms with Gasteiger partial charge in [0.2, 0.25) is 10.0 Å². The Labute approximate surface area is 175 Å². The standard InChI is InChI=1S/C20H24N6O3S/c1-14(2)19-23-20(29-24-19)15-7-8-22-18(13-15)26-11-9-25(10-12-26)16-5-3-4-6-17(16)30(21,27)28/h3-8,13-14H,9-12H2,1-2H3,(H2,21,27,28). The van der Waals surface area contributed by atoms with E-state index in [1.807, 2.05) is 36.9 Å². The summed E-state index contributed by atoms with van der Waals surface area (Å²) in [6, 6.07) is 10.6. The lowest BCUT2D eigenvalue weighted by Crippen LogP contribution is -2.47. The number of nitrogens with two attached hydrogens (primary N) is 1. The van der Waals surface area contributed by atoms with E-state index in [2.05, 4.69) is 20.0 Å². The van der Waals surface area contributed by atoms with Crippen molar-refractivity contribution in [2.45, 2.75) is 24.7 Å². The van der Waals surface area contributed by atoms with Gasteiger partial charge in [0.25, 0.3) is 5.89 Å². The lowest BCUT2D eigenvalue weighted by atomic mass is 10.2. The largest absolute Gasteiger partial charge is 0.367 e. The third-order valence-corrected chi connectivity index (χ3v) is 6.02. The smallest absolute Gasteiger partial charge is 0.258 e. The number of hydrogen-bond acceptors (Lipinski definition) is 8. The number of aromatic nitrogens is 3. The second-order valence-corrected chi connectivity index (χ2v) is 9.03. The van der Waals surface area contributed by atoms with Crippen LogP contribution in [0.15, 0.2) is 52.0 Å². The molecule has 0 unspecified atom stereocenters. The van der Waals surface area contributed by atoms with E-state index in [-0.39, 0.29) is 10.8 Å². The van der Waals surface area contributed by atoms with Gasteiger partial charge in [-0.1, -0.05) is 31.1 Å². The predicted octanol–water partition coefficient (Wildman–Crippen LogP) is 2.23. The lowest BCUT2D eigenvalue weighted by molar-refractivity contribution is 0.419. The van der Waals surface area contributed by atoms with Crippen LogP contribution in [0.3, 0.4) is 0 Å². The quantitative estimate of drug-likeness (QED) is 0.657. The van der Waals surface area contributed by atoms with Gasteiger partial charge in [-0.2, -0.15) is 4.98 Å². The van der Waals surface area contributed by atoms with Gasteiger partial charge in [-0.15, -0.1) is 0 Å². The van der Waals surface area contributed by atoms with E-state index in [0.29, 0.717) is 43.6 Å². The molecule has 9 nitrogen and oxygen atoms in total. The van der Waals surface area contributed by atoms with Gasteiger partial charge < -0.3 is 14.3 Å². The van der Waals surface area contributed by atoms with Gasteiger partial charge in [0.1, 0.15) is 10.7 Å². The Kier molecular flexibility index (Phi) is 5.44. The number of rotatable bonds is 5. The normalized spacial score (nSPS) is 15.1. The topological polar surface area (TPSA) is 118 Å². The summed E-state index contributed by atoms with van der Waals surface area (Å²) in [5.74, 6) is 2.15. The fourth-order valence-electron chi connectivity index (χ4n) is 3.45. The van der Waals surface area contributed by atoms with Crippen LogP contribution in [0.2, 0.25) is 0 Å². The molecule has 0 saturated carbocycles. The van der Waals surface area contributed by atoms with Crippen molar-refractivity contribution < 1.29 is 12.9 Å². The van der Waals surface area contributed by atoms with Gasteiger partial charge in [0.15, 0.2) is 5.82 Å². The molecule has 2 aromatic heterocycles. The van der Waals surface area contributed by atoms with Crippen LogP contribution in [-0.2, 0) is 10.0 Å². The molecule has 2 N–H and O–H groups in total. The number of pyridine rings is 1. The van der Waals surface area contributed by atoms with Crippen LogP contribution >= 0.6 is 0 Å². The first-order valence-electron chi connectivity index (χ1n) is 9.74. The van der Waals surface area contributed by atoms with Crippen molar-refractivity contribution in [3.05, 3.63) is 48.4 Å². The molecule has 0 amide bonds. The zero-order chi connectivity index (χ0) is 21.3. The number of hydrogen-bond donors (Lipinski definition) is 1. The summed E-state index contributed by atoms with van der Waals surface area (Å²) in [5, 5.41) is 9.40. The number of piperazine rings is 1. The van der Waals surface area contributed by atoms with Crippen molar-refractivity contribution in [1.29, 1.82) is 0 Å². The molecule has 1 aromatic carbocycles. The highest BCUT2D eigenvalue weighted by molar-refractivity contribution is 7.89. The van der Waals surface area contributed by atoms with Crippen molar-refractivity contribution in [3.8, 4) is 11.5 Å². The van der Waals surface area contributed by atoms with Crippen LogP contribution in [0.5, 0.6) is 0 Å². The Bertz CT molecular complexity index is 1140. The third-order valence-electron chi connectivity index (χ3n) is 5.07. The summed E-state index contributed by atoms with van der Waals surface area (Å²) in [6.45, 7) is 6.71. The van der Waals surface area contributed by atoms with Gasteiger partial charge in [-0.3, -0.25) is 0 Å². The maximum Gasteiger partial charge on any atom is 0.258 e. The molecule has 1 saturated heterocycles. The molecule has 0 bridgehead atoms. The van der Waals surface area contributed by atoms with Crippen molar-refractivity contribution in [1.82, 2.24) is 15.1 Å². The average Bonchev–Trinajstić information content (AvgIpc) is 3.24. The first-order chi connectivity index (χ1) is 14.3. The number of nitrogens with zero attached hydrogens (tertiary/aromatic N) is 5. The van der Waals surface area contributed by atoms with E-state index < -0.39 is 10.0 Å². The lowest BCUT2D eigenvalue weighted by Gasteiger charge is -2.37. The van der Waals surface area contributed by atoms with Gasteiger partial charge in [-0.05, 0) is 24.3 Å². The Morgan fingerprint density at radius 2 is 1.77 bits per heavy atom. The summed E-state index contributed by atoms with van der Waals surface area (Å²) in [6.07, 6.45) is 1.73. The van der Waals surface area contributed by atoms with E-state index in [1.54, 1.807) is 18.3 Å². The van der Waals surface area contributed by atoms with E-state index in [9.17, 15) is 8.42 Å². The number of primary sulfonamides is 1. The number of benzene rings is 1. The van der Waals surface area contributed by atoms with E-state index in [0.717, 1.165) is 11.4 Å². The van der Waals surface area contributed by atoms with Crippen LogP contribution in [0, 0.1) is 0 Å². The molecule has 0 atom stereocenters. The van der Waals surface area contributed by atoms with Crippen LogP contribution in [0.4, 0.5) is 11.5 Å². The maximum absolute atomic E-state index is 11.9. The molecule has 3 heterocycles. The molecule has 4 rings (SSSR count). The van der Waals surface area contributed by atoms with Crippen LogP contribution in [-0.4, -0.2) is 49.7 Å². The Morgan fingerprint density at radius 3 is 2.43 bits per heavy atom. The summed E-state index contributed by atoms with van der Waals surface area (Å²) < 4.78 is 29.2. The number of sulfonamides is 1. The van der Waals surface area contributed by atoms with Gasteiger partial charge in [0.05, 0.1) is 5.69 Å². The minimum atomic E-state index is -3.78. The molecule has 1 aliphatic rings. The zero-order valence-electron chi connectivity index (χ0n) is 16.9. The summed E-state index contributed by atoms with van der Waals surface area (Å²) in [7, 11) is -3.78. The monoisotopic (exact) mass is 428 g/mol. The van der Waals surface area contributed by atoms with Crippen molar-refractivity contribution >= 4 is 21.5 Å². The minimum absolute atomic E-state index is 0.149. The number of anilines is 2. The maximum atomic E-state index is 11.9. The summed E-state index contributed by atoms with van der Waals surface area (Å²) >= 11 is 0. The van der Waals surface area contributed by atoms with E-state index >= 15 is 0 Å². The van der Waals surface area contributed by atoms with Gasteiger partial charge in [-0.25, -0.2) is 18.5 Å². The SMILES string of the molecule is CC(C)c1noc(-c2ccnc(N3CCN(c4ccccc4S(N)(=O)=O)CC3)c2)n1. The fourth-order valence-corrected chi connectivity index (χ4v) is 4.20. The first kappa shape index (κ1) is 20.3. The van der Waals surface area contributed by atoms with Crippen molar-refractivity contribution in [3.63, 3.8) is 0 Å². The highest BCUT2D eigenvalue weighted by atomic mass is 32.2. The van der Waals surface area contributed by atoms with Crippen molar-refractivity contribution in [2.24, 2.45) is 5.14 Å². The number of para-hydroxylation sites is 1. The molecule has 3 aromatic rings.